The molecule has 0 aliphatic carbocycles. The number of nitrogens with zero attached hydrogens (tertiary/aromatic N) is 1. The van der Waals surface area contributed by atoms with Gasteiger partial charge in [-0.25, -0.2) is 0 Å². The molecule has 0 saturated carbocycles. The number of ether oxygens (including phenoxy) is 1. The maximum Gasteiger partial charge on any atom is 0.254 e. The summed E-state index contributed by atoms with van der Waals surface area (Å²) in [5, 5.41) is 9.59. The van der Waals surface area contributed by atoms with E-state index in [-0.39, 0.29) is 5.91 Å². The summed E-state index contributed by atoms with van der Waals surface area (Å²) in [4.78, 5) is 13.9. The number of carbonyl (C=O) groups excluding carboxylic acids is 1. The largest absolute Gasteiger partial charge is 0.497 e. The van der Waals surface area contributed by atoms with Crippen molar-refractivity contribution in [3.05, 3.63) is 23.8 Å². The number of likely N-dealkylation sites (tertiary alicyclic amines) is 1. The van der Waals surface area contributed by atoms with E-state index in [1.807, 2.05) is 0 Å². The first-order valence-electron chi connectivity index (χ1n) is 6.02. The number of anilines is 1. The first-order chi connectivity index (χ1) is 8.60. The molecule has 1 saturated heterocycles. The fraction of sp³-hybridized carbons (Fsp3) is 0.462. The smallest absolute Gasteiger partial charge is 0.254 e. The van der Waals surface area contributed by atoms with Crippen molar-refractivity contribution in [2.75, 3.05) is 25.9 Å². The molecule has 0 aromatic heterocycles. The van der Waals surface area contributed by atoms with Crippen molar-refractivity contribution in [3.8, 4) is 5.75 Å². The Morgan fingerprint density at radius 3 is 2.94 bits per heavy atom. The van der Waals surface area contributed by atoms with E-state index in [2.05, 4.69) is 0 Å². The molecule has 0 spiro atoms. The van der Waals surface area contributed by atoms with Gasteiger partial charge >= 0.3 is 0 Å². The number of nitrogens with two attached hydrogens (primary N) is 1. The average molecular weight is 250 g/mol. The van der Waals surface area contributed by atoms with Crippen LogP contribution in [0.2, 0.25) is 0 Å². The highest BCUT2D eigenvalue weighted by molar-refractivity contribution is 5.95. The van der Waals surface area contributed by atoms with Crippen molar-refractivity contribution in [3.63, 3.8) is 0 Å². The summed E-state index contributed by atoms with van der Waals surface area (Å²) in [5.74, 6) is 0.454. The second kappa shape index (κ2) is 5.27. The Morgan fingerprint density at radius 1 is 1.50 bits per heavy atom. The Kier molecular flexibility index (Phi) is 3.72. The topological polar surface area (TPSA) is 75.8 Å². The minimum atomic E-state index is -0.425. The van der Waals surface area contributed by atoms with Gasteiger partial charge in [0.1, 0.15) is 5.75 Å². The minimum Gasteiger partial charge on any atom is -0.497 e. The van der Waals surface area contributed by atoms with Crippen LogP contribution in [-0.4, -0.2) is 42.2 Å². The van der Waals surface area contributed by atoms with Gasteiger partial charge in [0.2, 0.25) is 0 Å². The van der Waals surface area contributed by atoms with Gasteiger partial charge in [-0.2, -0.15) is 0 Å². The number of hydrogen-bond donors (Lipinski definition) is 2. The van der Waals surface area contributed by atoms with Gasteiger partial charge < -0.3 is 20.5 Å². The van der Waals surface area contributed by atoms with Gasteiger partial charge in [0.25, 0.3) is 5.91 Å². The monoisotopic (exact) mass is 250 g/mol. The fourth-order valence-corrected chi connectivity index (χ4v) is 2.19. The molecule has 5 nitrogen and oxygen atoms in total. The summed E-state index contributed by atoms with van der Waals surface area (Å²) in [6.45, 7) is 1.06. The lowest BCUT2D eigenvalue weighted by Gasteiger charge is -2.30. The molecule has 1 amide bonds. The number of β-amino-alcohol motifs (C(OH)–C–C–N with tert-alkyl or cyclic N) is 1. The molecular weight excluding hydrogens is 232 g/mol. The van der Waals surface area contributed by atoms with E-state index >= 15 is 0 Å². The molecule has 0 unspecified atom stereocenters. The van der Waals surface area contributed by atoms with E-state index in [9.17, 15) is 9.90 Å². The molecule has 1 heterocycles. The second-order valence-electron chi connectivity index (χ2n) is 4.54. The van der Waals surface area contributed by atoms with E-state index in [0.29, 0.717) is 30.1 Å². The van der Waals surface area contributed by atoms with Gasteiger partial charge in [0.15, 0.2) is 0 Å². The Bertz CT molecular complexity index is 448. The van der Waals surface area contributed by atoms with Crippen LogP contribution in [0.15, 0.2) is 18.2 Å². The fourth-order valence-electron chi connectivity index (χ4n) is 2.19. The summed E-state index contributed by atoms with van der Waals surface area (Å²) >= 11 is 0. The zero-order valence-electron chi connectivity index (χ0n) is 10.4. The number of hydrogen-bond acceptors (Lipinski definition) is 4. The van der Waals surface area contributed by atoms with Gasteiger partial charge in [-0.05, 0) is 25.0 Å². The van der Waals surface area contributed by atoms with Crippen LogP contribution in [0.25, 0.3) is 0 Å². The van der Waals surface area contributed by atoms with Gasteiger partial charge in [-0.15, -0.1) is 0 Å². The summed E-state index contributed by atoms with van der Waals surface area (Å²) in [7, 11) is 1.54. The molecule has 1 aliphatic rings. The highest BCUT2D eigenvalue weighted by Crippen LogP contribution is 2.21. The highest BCUT2D eigenvalue weighted by atomic mass is 16.5. The Morgan fingerprint density at radius 2 is 2.28 bits per heavy atom. The maximum atomic E-state index is 12.3. The molecule has 1 aromatic rings. The number of piperidine rings is 1. The zero-order chi connectivity index (χ0) is 13.1. The molecular formula is C13H18N2O3. The van der Waals surface area contributed by atoms with Crippen LogP contribution in [0, 0.1) is 0 Å². The van der Waals surface area contributed by atoms with Crippen molar-refractivity contribution < 1.29 is 14.6 Å². The molecule has 5 heteroatoms. The molecule has 1 aliphatic heterocycles. The summed E-state index contributed by atoms with van der Waals surface area (Å²) in [6.07, 6.45) is 1.15. The third kappa shape index (κ3) is 2.73. The van der Waals surface area contributed by atoms with E-state index in [0.717, 1.165) is 12.8 Å². The lowest BCUT2D eigenvalue weighted by Crippen LogP contribution is -2.42. The predicted octanol–water partition coefficient (Wildman–Crippen LogP) is 0.874. The van der Waals surface area contributed by atoms with Crippen molar-refractivity contribution in [1.29, 1.82) is 0 Å². The zero-order valence-corrected chi connectivity index (χ0v) is 10.4. The van der Waals surface area contributed by atoms with Crippen LogP contribution in [-0.2, 0) is 0 Å². The molecule has 98 valence electrons. The van der Waals surface area contributed by atoms with Crippen molar-refractivity contribution >= 4 is 11.6 Å². The number of methoxy groups -OCH3 is 1. The molecule has 1 fully saturated rings. The van der Waals surface area contributed by atoms with E-state index < -0.39 is 6.10 Å². The molecule has 1 aromatic carbocycles. The second-order valence-corrected chi connectivity index (χ2v) is 4.54. The van der Waals surface area contributed by atoms with Gasteiger partial charge in [-0.3, -0.25) is 4.79 Å². The SMILES string of the molecule is COc1cc(N)cc(C(=O)N2CCC[C@H](O)C2)c1. The van der Waals surface area contributed by atoms with E-state index in [1.54, 1.807) is 23.1 Å². The summed E-state index contributed by atoms with van der Waals surface area (Å²) < 4.78 is 5.09. The van der Waals surface area contributed by atoms with Crippen LogP contribution in [0.1, 0.15) is 23.2 Å². The van der Waals surface area contributed by atoms with Crippen molar-refractivity contribution in [2.24, 2.45) is 0 Å². The lowest BCUT2D eigenvalue weighted by atomic mass is 10.1. The molecule has 1 atom stereocenters. The lowest BCUT2D eigenvalue weighted by molar-refractivity contribution is 0.0473. The number of amides is 1. The Labute approximate surface area is 106 Å². The van der Waals surface area contributed by atoms with E-state index in [4.69, 9.17) is 10.5 Å². The summed E-state index contributed by atoms with van der Waals surface area (Å²) in [5.41, 5.74) is 6.73. The van der Waals surface area contributed by atoms with Crippen LogP contribution >= 0.6 is 0 Å². The number of nitrogen functional groups attached to an aromatic ring is 1. The number of aliphatic hydroxyl groups is 1. The van der Waals surface area contributed by atoms with E-state index in [1.165, 1.54) is 7.11 Å². The van der Waals surface area contributed by atoms with Crippen LogP contribution < -0.4 is 10.5 Å². The summed E-state index contributed by atoms with van der Waals surface area (Å²) in [6, 6.07) is 4.97. The minimum absolute atomic E-state index is 0.112. The number of aliphatic hydroxyl groups excluding tert-OH is 1. The Balaban J connectivity index is 2.19. The van der Waals surface area contributed by atoms with Crippen LogP contribution in [0.4, 0.5) is 5.69 Å². The van der Waals surface area contributed by atoms with Crippen LogP contribution in [0.5, 0.6) is 5.75 Å². The maximum absolute atomic E-state index is 12.3. The number of carbonyl (C=O) groups is 1. The molecule has 0 bridgehead atoms. The quantitative estimate of drug-likeness (QED) is 0.764. The number of rotatable bonds is 2. The first kappa shape index (κ1) is 12.7. The van der Waals surface area contributed by atoms with Crippen molar-refractivity contribution in [2.45, 2.75) is 18.9 Å². The third-order valence-electron chi connectivity index (χ3n) is 3.10. The molecule has 3 N–H and O–H groups in total. The van der Waals surface area contributed by atoms with Crippen molar-refractivity contribution in [1.82, 2.24) is 4.90 Å². The normalized spacial score (nSPS) is 19.7. The third-order valence-corrected chi connectivity index (χ3v) is 3.10. The van der Waals surface area contributed by atoms with Gasteiger partial charge in [0.05, 0.1) is 13.2 Å². The molecule has 0 radical (unpaired) electrons. The molecule has 18 heavy (non-hydrogen) atoms. The standard InChI is InChI=1S/C13H18N2O3/c1-18-12-6-9(5-10(14)7-12)13(17)15-4-2-3-11(16)8-15/h5-7,11,16H,2-4,8,14H2,1H3/t11-/m0/s1. The average Bonchev–Trinajstić information content (AvgIpc) is 2.37. The predicted molar refractivity (Wildman–Crippen MR) is 68.6 cm³/mol. The van der Waals surface area contributed by atoms with Gasteiger partial charge in [-0.1, -0.05) is 0 Å². The molecule has 2 rings (SSSR count). The number of benzene rings is 1. The highest BCUT2D eigenvalue weighted by Gasteiger charge is 2.23. The van der Waals surface area contributed by atoms with Gasteiger partial charge in [0, 0.05) is 30.4 Å². The first-order valence-corrected chi connectivity index (χ1v) is 6.02. The van der Waals surface area contributed by atoms with Crippen LogP contribution in [0.3, 0.4) is 0 Å². The Hall–Kier alpha value is -1.75.